The molecular weight excluding hydrogens is 945 g/mol. The van der Waals surface area contributed by atoms with Crippen LogP contribution in [0.4, 0.5) is 0 Å². The lowest BCUT2D eigenvalue weighted by Crippen LogP contribution is -2.61. The summed E-state index contributed by atoms with van der Waals surface area (Å²) in [5.41, 5.74) is 0. The Bertz CT molecular complexity index is 1270. The molecule has 0 aliphatic carbocycles. The number of aliphatic hydroxyl groups excluding tert-OH is 7. The SMILES string of the molecule is CCCCCCCCC/C=C\CCCCCCCC(=O)OC(COCCCCCCCCCCCCCCCCCCCCCCCCCC)COC1OC(COC2OC(CO)C(O)C(O)C2O)C(O)C(O)C1O. The maximum absolute atomic E-state index is 13.1. The summed E-state index contributed by atoms with van der Waals surface area (Å²) in [5, 5.41) is 72.4. The second kappa shape index (κ2) is 47.7. The third kappa shape index (κ3) is 33.9. The molecule has 7 N–H and O–H groups in total. The Labute approximate surface area is 450 Å². The third-order valence-corrected chi connectivity index (χ3v) is 15.0. The number of ether oxygens (including phenoxy) is 6. The highest BCUT2D eigenvalue weighted by molar-refractivity contribution is 5.69. The number of allylic oxidation sites excluding steroid dienone is 2. The van der Waals surface area contributed by atoms with Crippen LogP contribution in [-0.4, -0.2) is 142 Å². The van der Waals surface area contributed by atoms with Crippen molar-refractivity contribution >= 4 is 5.97 Å². The van der Waals surface area contributed by atoms with Gasteiger partial charge in [0, 0.05) is 13.0 Å². The first-order valence-corrected chi connectivity index (χ1v) is 30.8. The lowest BCUT2D eigenvalue weighted by Gasteiger charge is -2.42. The molecule has 0 radical (unpaired) electrons. The summed E-state index contributed by atoms with van der Waals surface area (Å²) < 4.78 is 34.4. The van der Waals surface area contributed by atoms with Crippen molar-refractivity contribution in [3.63, 3.8) is 0 Å². The van der Waals surface area contributed by atoms with Crippen molar-refractivity contribution in [3.05, 3.63) is 12.2 Å². The van der Waals surface area contributed by atoms with E-state index in [0.717, 1.165) is 57.8 Å². The average molecular weight is 1060 g/mol. The predicted molar refractivity (Wildman–Crippen MR) is 294 cm³/mol. The van der Waals surface area contributed by atoms with Crippen molar-refractivity contribution in [2.24, 2.45) is 0 Å². The summed E-state index contributed by atoms with van der Waals surface area (Å²) in [6.07, 6.45) is 37.1. The highest BCUT2D eigenvalue weighted by Gasteiger charge is 2.47. The van der Waals surface area contributed by atoms with E-state index < -0.39 is 80.7 Å². The fourth-order valence-corrected chi connectivity index (χ4v) is 10.0. The Balaban J connectivity index is 1.67. The first kappa shape index (κ1) is 68.8. The Hall–Kier alpha value is -1.27. The Kier molecular flexibility index (Phi) is 44.4. The van der Waals surface area contributed by atoms with E-state index in [1.807, 2.05) is 0 Å². The van der Waals surface area contributed by atoms with E-state index >= 15 is 0 Å². The molecule has 2 aliphatic rings. The minimum Gasteiger partial charge on any atom is -0.457 e. The minimum atomic E-state index is -1.70. The van der Waals surface area contributed by atoms with Crippen molar-refractivity contribution in [2.45, 2.75) is 332 Å². The molecule has 0 amide bonds. The molecule has 0 aromatic heterocycles. The molecule has 0 saturated carbocycles. The zero-order valence-corrected chi connectivity index (χ0v) is 47.1. The van der Waals surface area contributed by atoms with Gasteiger partial charge in [-0.15, -0.1) is 0 Å². The number of rotatable bonds is 51. The lowest BCUT2D eigenvalue weighted by molar-refractivity contribution is -0.332. The fraction of sp³-hybridized carbons (Fsp3) is 0.950. The van der Waals surface area contributed by atoms with Gasteiger partial charge >= 0.3 is 5.97 Å². The molecule has 438 valence electrons. The van der Waals surface area contributed by atoms with Crippen molar-refractivity contribution < 1.29 is 69.0 Å². The highest BCUT2D eigenvalue weighted by atomic mass is 16.7. The topological polar surface area (TPSA) is 214 Å². The molecule has 14 nitrogen and oxygen atoms in total. The summed E-state index contributed by atoms with van der Waals surface area (Å²) in [6, 6.07) is 0. The largest absolute Gasteiger partial charge is 0.457 e. The second-order valence-corrected chi connectivity index (χ2v) is 21.9. The molecule has 2 rings (SSSR count). The number of aliphatic hydroxyl groups is 7. The van der Waals surface area contributed by atoms with Crippen LogP contribution in [0.5, 0.6) is 0 Å². The molecule has 0 bridgehead atoms. The summed E-state index contributed by atoms with van der Waals surface area (Å²) in [5.74, 6) is -0.378. The van der Waals surface area contributed by atoms with Crippen LogP contribution >= 0.6 is 0 Å². The summed E-state index contributed by atoms with van der Waals surface area (Å²) in [4.78, 5) is 13.1. The van der Waals surface area contributed by atoms with Crippen LogP contribution in [0.3, 0.4) is 0 Å². The standard InChI is InChI=1S/C60H114O14/c1-3-5-7-9-11-13-15-17-19-21-22-23-24-25-26-27-28-30-32-34-36-38-40-42-44-69-46-49(72-52(62)43-41-39-37-35-33-31-29-20-18-16-14-12-10-8-6-4-2)47-70-59-58(68)56(66)54(64)51(74-59)48-71-60-57(67)55(65)53(63)50(45-61)73-60/h20,29,49-51,53-61,63-68H,3-19,21-28,30-48H2,1-2H3/b29-20-. The van der Waals surface area contributed by atoms with E-state index in [2.05, 4.69) is 26.0 Å². The summed E-state index contributed by atoms with van der Waals surface area (Å²) in [6.45, 7) is 3.74. The Morgan fingerprint density at radius 1 is 0.432 bits per heavy atom. The zero-order valence-electron chi connectivity index (χ0n) is 47.1. The number of hydrogen-bond acceptors (Lipinski definition) is 14. The van der Waals surface area contributed by atoms with Gasteiger partial charge in [0.05, 0.1) is 26.4 Å². The van der Waals surface area contributed by atoms with Gasteiger partial charge in [-0.05, 0) is 38.5 Å². The van der Waals surface area contributed by atoms with Gasteiger partial charge in [0.2, 0.25) is 0 Å². The van der Waals surface area contributed by atoms with Crippen molar-refractivity contribution in [1.29, 1.82) is 0 Å². The van der Waals surface area contributed by atoms with Gasteiger partial charge in [0.25, 0.3) is 0 Å². The monoisotopic (exact) mass is 1060 g/mol. The lowest BCUT2D eigenvalue weighted by atomic mass is 9.98. The van der Waals surface area contributed by atoms with E-state index in [4.69, 9.17) is 28.4 Å². The van der Waals surface area contributed by atoms with Crippen LogP contribution in [0.2, 0.25) is 0 Å². The summed E-state index contributed by atoms with van der Waals surface area (Å²) >= 11 is 0. The maximum atomic E-state index is 13.1. The molecule has 0 aromatic carbocycles. The molecule has 2 saturated heterocycles. The van der Waals surface area contributed by atoms with E-state index in [1.54, 1.807) is 0 Å². The van der Waals surface area contributed by atoms with Crippen molar-refractivity contribution in [1.82, 2.24) is 0 Å². The van der Waals surface area contributed by atoms with Gasteiger partial charge in [-0.25, -0.2) is 0 Å². The molecule has 14 heteroatoms. The zero-order chi connectivity index (χ0) is 53.7. The first-order chi connectivity index (χ1) is 36.1. The van der Waals surface area contributed by atoms with Gasteiger partial charge in [0.15, 0.2) is 12.6 Å². The Morgan fingerprint density at radius 2 is 0.797 bits per heavy atom. The molecule has 11 unspecified atom stereocenters. The summed E-state index contributed by atoms with van der Waals surface area (Å²) in [7, 11) is 0. The second-order valence-electron chi connectivity index (χ2n) is 21.9. The molecule has 74 heavy (non-hydrogen) atoms. The molecule has 11 atom stereocenters. The van der Waals surface area contributed by atoms with Gasteiger partial charge in [-0.3, -0.25) is 4.79 Å². The first-order valence-electron chi connectivity index (χ1n) is 30.8. The van der Waals surface area contributed by atoms with Crippen LogP contribution in [0.15, 0.2) is 12.2 Å². The van der Waals surface area contributed by atoms with Gasteiger partial charge in [-0.1, -0.05) is 231 Å². The Morgan fingerprint density at radius 3 is 1.23 bits per heavy atom. The minimum absolute atomic E-state index is 0.0647. The normalized spacial score (nSPS) is 24.8. The smallest absolute Gasteiger partial charge is 0.306 e. The fourth-order valence-electron chi connectivity index (χ4n) is 10.0. The number of unbranched alkanes of at least 4 members (excludes halogenated alkanes) is 35. The van der Waals surface area contributed by atoms with Gasteiger partial charge in [0.1, 0.15) is 54.9 Å². The molecule has 2 fully saturated rings. The van der Waals surface area contributed by atoms with Crippen molar-refractivity contribution in [3.8, 4) is 0 Å². The molecule has 0 spiro atoms. The van der Waals surface area contributed by atoms with Crippen LogP contribution in [-0.2, 0) is 33.2 Å². The van der Waals surface area contributed by atoms with E-state index in [-0.39, 0.29) is 25.6 Å². The quantitative estimate of drug-likeness (QED) is 0.0172. The average Bonchev–Trinajstić information content (AvgIpc) is 3.40. The van der Waals surface area contributed by atoms with Crippen molar-refractivity contribution in [2.75, 3.05) is 33.0 Å². The molecular formula is C60H114O14. The number of carbonyl (C=O) groups excluding carboxylic acids is 1. The van der Waals surface area contributed by atoms with Crippen LogP contribution in [0.25, 0.3) is 0 Å². The number of esters is 1. The predicted octanol–water partition coefficient (Wildman–Crippen LogP) is 11.4. The number of hydrogen-bond donors (Lipinski definition) is 7. The highest BCUT2D eigenvalue weighted by Crippen LogP contribution is 2.27. The van der Waals surface area contributed by atoms with Crippen LogP contribution < -0.4 is 0 Å². The van der Waals surface area contributed by atoms with Crippen LogP contribution in [0.1, 0.15) is 264 Å². The van der Waals surface area contributed by atoms with E-state index in [1.165, 1.54) is 180 Å². The molecule has 2 aliphatic heterocycles. The maximum Gasteiger partial charge on any atom is 0.306 e. The van der Waals surface area contributed by atoms with Crippen LogP contribution in [0, 0.1) is 0 Å². The molecule has 2 heterocycles. The van der Waals surface area contributed by atoms with E-state index in [0.29, 0.717) is 13.0 Å². The van der Waals surface area contributed by atoms with Gasteiger partial charge < -0.3 is 64.2 Å². The molecule has 0 aromatic rings. The number of carbonyl (C=O) groups is 1. The van der Waals surface area contributed by atoms with E-state index in [9.17, 15) is 40.5 Å². The van der Waals surface area contributed by atoms with Gasteiger partial charge in [-0.2, -0.15) is 0 Å². The third-order valence-electron chi connectivity index (χ3n) is 15.0.